The Morgan fingerprint density at radius 2 is 2.05 bits per heavy atom. The number of ether oxygens (including phenoxy) is 2. The Morgan fingerprint density at radius 3 is 2.74 bits per heavy atom. The van der Waals surface area contributed by atoms with Gasteiger partial charge in [0.25, 0.3) is 0 Å². The van der Waals surface area contributed by atoms with Crippen molar-refractivity contribution in [3.05, 3.63) is 0 Å². The van der Waals surface area contributed by atoms with Crippen LogP contribution in [0.25, 0.3) is 0 Å². The third-order valence-electron chi connectivity index (χ3n) is 3.93. The van der Waals surface area contributed by atoms with E-state index in [1.54, 1.807) is 0 Å². The first-order chi connectivity index (χ1) is 9.24. The van der Waals surface area contributed by atoms with Gasteiger partial charge in [0.15, 0.2) is 0 Å². The second-order valence-electron chi connectivity index (χ2n) is 5.60. The van der Waals surface area contributed by atoms with Crippen molar-refractivity contribution in [1.82, 2.24) is 5.32 Å². The summed E-state index contributed by atoms with van der Waals surface area (Å²) in [6.07, 6.45) is 7.22. The molecule has 1 amide bonds. The zero-order valence-corrected chi connectivity index (χ0v) is 11.6. The molecule has 1 atom stereocenters. The number of nitrogens with two attached hydrogens (primary N) is 1. The second kappa shape index (κ2) is 7.82. The Morgan fingerprint density at radius 1 is 1.26 bits per heavy atom. The van der Waals surface area contributed by atoms with Gasteiger partial charge in [-0.3, -0.25) is 4.79 Å². The highest BCUT2D eigenvalue weighted by atomic mass is 16.5. The first-order valence-electron chi connectivity index (χ1n) is 7.49. The monoisotopic (exact) mass is 270 g/mol. The highest BCUT2D eigenvalue weighted by Gasteiger charge is 2.20. The summed E-state index contributed by atoms with van der Waals surface area (Å²) >= 11 is 0. The molecule has 2 fully saturated rings. The van der Waals surface area contributed by atoms with Crippen molar-refractivity contribution in [2.24, 2.45) is 5.73 Å². The third kappa shape index (κ3) is 5.47. The molecule has 1 unspecified atom stereocenters. The Kier molecular flexibility index (Phi) is 6.07. The molecule has 5 heteroatoms. The molecule has 1 saturated heterocycles. The van der Waals surface area contributed by atoms with E-state index >= 15 is 0 Å². The van der Waals surface area contributed by atoms with Crippen molar-refractivity contribution in [3.63, 3.8) is 0 Å². The summed E-state index contributed by atoms with van der Waals surface area (Å²) in [7, 11) is 0. The molecule has 0 aromatic rings. The highest BCUT2D eigenvalue weighted by Crippen LogP contribution is 2.19. The van der Waals surface area contributed by atoms with Gasteiger partial charge in [-0.2, -0.15) is 0 Å². The fraction of sp³-hybridized carbons (Fsp3) is 0.929. The Bertz CT molecular complexity index is 272. The van der Waals surface area contributed by atoms with E-state index in [2.05, 4.69) is 5.32 Å². The number of carbonyl (C=O) groups is 1. The van der Waals surface area contributed by atoms with Crippen molar-refractivity contribution in [2.75, 3.05) is 19.8 Å². The molecule has 1 saturated carbocycles. The fourth-order valence-corrected chi connectivity index (χ4v) is 2.76. The summed E-state index contributed by atoms with van der Waals surface area (Å²) in [4.78, 5) is 11.6. The van der Waals surface area contributed by atoms with E-state index in [4.69, 9.17) is 15.2 Å². The van der Waals surface area contributed by atoms with Crippen LogP contribution >= 0.6 is 0 Å². The van der Waals surface area contributed by atoms with Gasteiger partial charge >= 0.3 is 0 Å². The molecule has 2 aliphatic rings. The van der Waals surface area contributed by atoms with E-state index in [0.717, 1.165) is 45.1 Å². The number of carbonyl (C=O) groups excluding carboxylic acids is 1. The predicted molar refractivity (Wildman–Crippen MR) is 72.8 cm³/mol. The maximum absolute atomic E-state index is 11.6. The average molecular weight is 270 g/mol. The van der Waals surface area contributed by atoms with Crippen molar-refractivity contribution in [1.29, 1.82) is 0 Å². The first kappa shape index (κ1) is 14.8. The van der Waals surface area contributed by atoms with E-state index in [1.807, 2.05) is 0 Å². The Balaban J connectivity index is 1.48. The molecule has 5 nitrogen and oxygen atoms in total. The van der Waals surface area contributed by atoms with Gasteiger partial charge in [-0.15, -0.1) is 0 Å². The summed E-state index contributed by atoms with van der Waals surface area (Å²) < 4.78 is 11.2. The standard InChI is InChI=1S/C14H26N2O3/c15-11-3-5-12(6-4-11)19-9-7-16-14(17)10-13-2-1-8-18-13/h11-13H,1-10,15H2,(H,16,17). The largest absolute Gasteiger partial charge is 0.378 e. The van der Waals surface area contributed by atoms with Gasteiger partial charge in [0.05, 0.1) is 25.2 Å². The van der Waals surface area contributed by atoms with Gasteiger partial charge in [-0.25, -0.2) is 0 Å². The van der Waals surface area contributed by atoms with Crippen LogP contribution in [0.3, 0.4) is 0 Å². The molecule has 110 valence electrons. The quantitative estimate of drug-likeness (QED) is 0.705. The van der Waals surface area contributed by atoms with Crippen molar-refractivity contribution in [2.45, 2.75) is 63.2 Å². The van der Waals surface area contributed by atoms with Gasteiger partial charge < -0.3 is 20.5 Å². The Hall–Kier alpha value is -0.650. The van der Waals surface area contributed by atoms with Gasteiger partial charge in [-0.1, -0.05) is 0 Å². The lowest BCUT2D eigenvalue weighted by molar-refractivity contribution is -0.123. The average Bonchev–Trinajstić information content (AvgIpc) is 2.89. The Labute approximate surface area is 115 Å². The smallest absolute Gasteiger partial charge is 0.222 e. The minimum absolute atomic E-state index is 0.0705. The summed E-state index contributed by atoms with van der Waals surface area (Å²) in [5.74, 6) is 0.0705. The summed E-state index contributed by atoms with van der Waals surface area (Å²) in [6.45, 7) is 1.98. The maximum atomic E-state index is 11.6. The molecule has 1 aliphatic carbocycles. The van der Waals surface area contributed by atoms with Crippen LogP contribution in [0.2, 0.25) is 0 Å². The number of nitrogens with one attached hydrogen (secondary N) is 1. The first-order valence-corrected chi connectivity index (χ1v) is 7.49. The molecule has 1 heterocycles. The molecule has 3 N–H and O–H groups in total. The lowest BCUT2D eigenvalue weighted by Gasteiger charge is -2.26. The molecule has 0 aromatic carbocycles. The molecule has 0 bridgehead atoms. The molecule has 1 aliphatic heterocycles. The predicted octanol–water partition coefficient (Wildman–Crippen LogP) is 0.958. The van der Waals surface area contributed by atoms with Crippen LogP contribution in [0.1, 0.15) is 44.9 Å². The van der Waals surface area contributed by atoms with Gasteiger partial charge in [0.1, 0.15) is 0 Å². The van der Waals surface area contributed by atoms with Crippen molar-refractivity contribution < 1.29 is 14.3 Å². The lowest BCUT2D eigenvalue weighted by Crippen LogP contribution is -2.33. The molecule has 2 rings (SSSR count). The molecule has 0 radical (unpaired) electrons. The lowest BCUT2D eigenvalue weighted by atomic mass is 9.94. The normalized spacial score (nSPS) is 31.3. The number of hydrogen-bond acceptors (Lipinski definition) is 4. The van der Waals surface area contributed by atoms with Crippen molar-refractivity contribution in [3.8, 4) is 0 Å². The van der Waals surface area contributed by atoms with E-state index in [-0.39, 0.29) is 12.0 Å². The molecule has 19 heavy (non-hydrogen) atoms. The van der Waals surface area contributed by atoms with E-state index < -0.39 is 0 Å². The van der Waals surface area contributed by atoms with E-state index in [9.17, 15) is 4.79 Å². The summed E-state index contributed by atoms with van der Waals surface area (Å²) in [5.41, 5.74) is 5.84. The van der Waals surface area contributed by atoms with Crippen LogP contribution in [-0.2, 0) is 14.3 Å². The topological polar surface area (TPSA) is 73.6 Å². The van der Waals surface area contributed by atoms with Crippen LogP contribution < -0.4 is 11.1 Å². The van der Waals surface area contributed by atoms with Crippen molar-refractivity contribution >= 4 is 5.91 Å². The highest BCUT2D eigenvalue weighted by molar-refractivity contribution is 5.76. The maximum Gasteiger partial charge on any atom is 0.222 e. The minimum Gasteiger partial charge on any atom is -0.378 e. The molecule has 0 spiro atoms. The van der Waals surface area contributed by atoms with Crippen LogP contribution in [0.5, 0.6) is 0 Å². The molecular formula is C14H26N2O3. The summed E-state index contributed by atoms with van der Waals surface area (Å²) in [6, 6.07) is 0.353. The van der Waals surface area contributed by atoms with Gasteiger partial charge in [-0.05, 0) is 38.5 Å². The van der Waals surface area contributed by atoms with Crippen LogP contribution in [-0.4, -0.2) is 43.9 Å². The summed E-state index contributed by atoms with van der Waals surface area (Å²) in [5, 5.41) is 2.89. The SMILES string of the molecule is NC1CCC(OCCNC(=O)CC2CCCO2)CC1. The molecular weight excluding hydrogens is 244 g/mol. The van der Waals surface area contributed by atoms with Crippen LogP contribution in [0.15, 0.2) is 0 Å². The van der Waals surface area contributed by atoms with Gasteiger partial charge in [0.2, 0.25) is 5.91 Å². The van der Waals surface area contributed by atoms with E-state index in [1.165, 1.54) is 0 Å². The number of amides is 1. The number of rotatable bonds is 6. The molecule has 0 aromatic heterocycles. The fourth-order valence-electron chi connectivity index (χ4n) is 2.76. The van der Waals surface area contributed by atoms with Crippen LogP contribution in [0, 0.1) is 0 Å². The van der Waals surface area contributed by atoms with Crippen LogP contribution in [0.4, 0.5) is 0 Å². The van der Waals surface area contributed by atoms with Gasteiger partial charge in [0, 0.05) is 19.2 Å². The second-order valence-corrected chi connectivity index (χ2v) is 5.60. The zero-order valence-electron chi connectivity index (χ0n) is 11.6. The third-order valence-corrected chi connectivity index (χ3v) is 3.93. The zero-order chi connectivity index (χ0) is 13.5. The van der Waals surface area contributed by atoms with E-state index in [0.29, 0.717) is 31.7 Å². The number of hydrogen-bond donors (Lipinski definition) is 2. The minimum atomic E-state index is 0.0705.